The van der Waals surface area contributed by atoms with Gasteiger partial charge in [0, 0.05) is 29.9 Å². The number of carbonyl (C=O) groups excluding carboxylic acids is 1. The molecule has 1 aliphatic heterocycles. The lowest BCUT2D eigenvalue weighted by Gasteiger charge is -2.33. The van der Waals surface area contributed by atoms with E-state index in [1.807, 2.05) is 6.92 Å². The van der Waals surface area contributed by atoms with Crippen LogP contribution >= 0.6 is 0 Å². The smallest absolute Gasteiger partial charge is 0.322 e. The molecule has 1 atom stereocenters. The van der Waals surface area contributed by atoms with E-state index in [0.717, 1.165) is 25.8 Å². The molecule has 0 aliphatic carbocycles. The molecule has 1 aliphatic rings. The van der Waals surface area contributed by atoms with Crippen molar-refractivity contribution in [2.45, 2.75) is 39.2 Å². The second-order valence-electron chi connectivity index (χ2n) is 5.23. The number of hydrogen-bond donors (Lipinski definition) is 1. The fourth-order valence-electron chi connectivity index (χ4n) is 2.48. The number of nitrogens with one attached hydrogen (secondary N) is 1. The van der Waals surface area contributed by atoms with E-state index in [0.29, 0.717) is 11.3 Å². The van der Waals surface area contributed by atoms with Gasteiger partial charge in [-0.25, -0.2) is 4.79 Å². The van der Waals surface area contributed by atoms with Gasteiger partial charge in [-0.1, -0.05) is 6.07 Å². The number of amides is 2. The van der Waals surface area contributed by atoms with Crippen molar-refractivity contribution in [2.75, 3.05) is 11.9 Å². The molecular formula is C14H19N3O3. The molecule has 1 aromatic rings. The Morgan fingerprint density at radius 1 is 1.45 bits per heavy atom. The number of anilines is 1. The van der Waals surface area contributed by atoms with Gasteiger partial charge in [0.05, 0.1) is 4.92 Å². The number of nitro groups is 1. The van der Waals surface area contributed by atoms with Crippen LogP contribution in [0.25, 0.3) is 0 Å². The third-order valence-corrected chi connectivity index (χ3v) is 3.72. The van der Waals surface area contributed by atoms with E-state index in [4.69, 9.17) is 0 Å². The van der Waals surface area contributed by atoms with Gasteiger partial charge in [0.25, 0.3) is 5.69 Å². The predicted molar refractivity (Wildman–Crippen MR) is 76.9 cm³/mol. The Morgan fingerprint density at radius 2 is 2.20 bits per heavy atom. The number of urea groups is 1. The van der Waals surface area contributed by atoms with E-state index < -0.39 is 4.92 Å². The molecule has 1 unspecified atom stereocenters. The van der Waals surface area contributed by atoms with Crippen molar-refractivity contribution in [3.8, 4) is 0 Å². The molecule has 108 valence electrons. The van der Waals surface area contributed by atoms with E-state index >= 15 is 0 Å². The van der Waals surface area contributed by atoms with Gasteiger partial charge in [-0.15, -0.1) is 0 Å². The highest BCUT2D eigenvalue weighted by Crippen LogP contribution is 2.23. The number of rotatable bonds is 2. The molecule has 0 saturated carbocycles. The zero-order valence-corrected chi connectivity index (χ0v) is 11.8. The molecule has 0 bridgehead atoms. The minimum absolute atomic E-state index is 0.0227. The maximum Gasteiger partial charge on any atom is 0.322 e. The van der Waals surface area contributed by atoms with Crippen LogP contribution in [-0.2, 0) is 0 Å². The third kappa shape index (κ3) is 3.07. The second kappa shape index (κ2) is 5.90. The molecule has 1 saturated heterocycles. The van der Waals surface area contributed by atoms with Crippen LogP contribution in [0.4, 0.5) is 16.2 Å². The molecule has 1 N–H and O–H groups in total. The molecule has 0 aromatic heterocycles. The van der Waals surface area contributed by atoms with Gasteiger partial charge < -0.3 is 10.2 Å². The van der Waals surface area contributed by atoms with Crippen LogP contribution in [0.15, 0.2) is 18.2 Å². The zero-order valence-electron chi connectivity index (χ0n) is 11.8. The second-order valence-corrected chi connectivity index (χ2v) is 5.23. The number of nitro benzene ring substituents is 1. The SMILES string of the molecule is Cc1ccc(NC(=O)N2CCCCC2C)cc1[N+](=O)[O-]. The maximum absolute atomic E-state index is 12.2. The highest BCUT2D eigenvalue weighted by Gasteiger charge is 2.23. The molecule has 6 nitrogen and oxygen atoms in total. The Balaban J connectivity index is 2.11. The van der Waals surface area contributed by atoms with Crippen molar-refractivity contribution in [2.24, 2.45) is 0 Å². The molecule has 20 heavy (non-hydrogen) atoms. The molecule has 1 fully saturated rings. The van der Waals surface area contributed by atoms with Crippen LogP contribution in [0, 0.1) is 17.0 Å². The van der Waals surface area contributed by atoms with Crippen molar-refractivity contribution in [3.63, 3.8) is 0 Å². The van der Waals surface area contributed by atoms with E-state index in [-0.39, 0.29) is 17.8 Å². The summed E-state index contributed by atoms with van der Waals surface area (Å²) in [7, 11) is 0. The van der Waals surface area contributed by atoms with Gasteiger partial charge in [0.2, 0.25) is 0 Å². The number of aryl methyl sites for hydroxylation is 1. The first kappa shape index (κ1) is 14.3. The minimum atomic E-state index is -0.436. The molecule has 1 aromatic carbocycles. The van der Waals surface area contributed by atoms with E-state index in [1.165, 1.54) is 6.07 Å². The van der Waals surface area contributed by atoms with Crippen LogP contribution in [0.2, 0.25) is 0 Å². The minimum Gasteiger partial charge on any atom is -0.322 e. The number of nitrogens with zero attached hydrogens (tertiary/aromatic N) is 2. The Bertz CT molecular complexity index is 530. The summed E-state index contributed by atoms with van der Waals surface area (Å²) in [4.78, 5) is 24.4. The number of piperidine rings is 1. The van der Waals surface area contributed by atoms with Crippen LogP contribution in [-0.4, -0.2) is 28.4 Å². The predicted octanol–water partition coefficient (Wildman–Crippen LogP) is 3.31. The Labute approximate surface area is 117 Å². The topological polar surface area (TPSA) is 75.5 Å². The van der Waals surface area contributed by atoms with Gasteiger partial charge >= 0.3 is 6.03 Å². The molecule has 2 amide bonds. The van der Waals surface area contributed by atoms with Crippen LogP contribution < -0.4 is 5.32 Å². The first-order valence-electron chi connectivity index (χ1n) is 6.81. The van der Waals surface area contributed by atoms with E-state index in [9.17, 15) is 14.9 Å². The highest BCUT2D eigenvalue weighted by atomic mass is 16.6. The lowest BCUT2D eigenvalue weighted by Crippen LogP contribution is -2.44. The van der Waals surface area contributed by atoms with Crippen molar-refractivity contribution in [1.82, 2.24) is 4.90 Å². The largest absolute Gasteiger partial charge is 0.322 e. The quantitative estimate of drug-likeness (QED) is 0.665. The Kier molecular flexibility index (Phi) is 4.22. The summed E-state index contributed by atoms with van der Waals surface area (Å²) in [6.45, 7) is 4.44. The lowest BCUT2D eigenvalue weighted by molar-refractivity contribution is -0.385. The molecule has 2 rings (SSSR count). The number of likely N-dealkylation sites (tertiary alicyclic amines) is 1. The Hall–Kier alpha value is -2.11. The average molecular weight is 277 g/mol. The summed E-state index contributed by atoms with van der Waals surface area (Å²) in [5.41, 5.74) is 1.07. The van der Waals surface area contributed by atoms with Crippen molar-refractivity contribution < 1.29 is 9.72 Å². The summed E-state index contributed by atoms with van der Waals surface area (Å²) < 4.78 is 0. The van der Waals surface area contributed by atoms with Crippen LogP contribution in [0.3, 0.4) is 0 Å². The van der Waals surface area contributed by atoms with Crippen molar-refractivity contribution >= 4 is 17.4 Å². The monoisotopic (exact) mass is 277 g/mol. The summed E-state index contributed by atoms with van der Waals surface area (Å²) in [6.07, 6.45) is 3.15. The van der Waals surface area contributed by atoms with Gasteiger partial charge in [-0.05, 0) is 39.2 Å². The van der Waals surface area contributed by atoms with Gasteiger partial charge in [0.1, 0.15) is 0 Å². The first-order valence-corrected chi connectivity index (χ1v) is 6.81. The summed E-state index contributed by atoms with van der Waals surface area (Å²) in [5.74, 6) is 0. The van der Waals surface area contributed by atoms with E-state index in [1.54, 1.807) is 24.0 Å². The molecule has 0 radical (unpaired) electrons. The Morgan fingerprint density at radius 3 is 2.85 bits per heavy atom. The fourth-order valence-corrected chi connectivity index (χ4v) is 2.48. The summed E-state index contributed by atoms with van der Waals surface area (Å²) in [5, 5.41) is 13.6. The number of hydrogen-bond acceptors (Lipinski definition) is 3. The van der Waals surface area contributed by atoms with E-state index in [2.05, 4.69) is 5.32 Å². The standard InChI is InChI=1S/C14H19N3O3/c1-10-6-7-12(9-13(10)17(19)20)15-14(18)16-8-4-3-5-11(16)2/h6-7,9,11H,3-5,8H2,1-2H3,(H,15,18). The summed E-state index contributed by atoms with van der Waals surface area (Å²) >= 11 is 0. The maximum atomic E-state index is 12.2. The van der Waals surface area contributed by atoms with Crippen LogP contribution in [0.1, 0.15) is 31.7 Å². The fraction of sp³-hybridized carbons (Fsp3) is 0.500. The van der Waals surface area contributed by atoms with Crippen molar-refractivity contribution in [3.05, 3.63) is 33.9 Å². The average Bonchev–Trinajstić information content (AvgIpc) is 2.41. The van der Waals surface area contributed by atoms with Gasteiger partial charge in [0.15, 0.2) is 0 Å². The highest BCUT2D eigenvalue weighted by molar-refractivity contribution is 5.90. The molecule has 1 heterocycles. The molecular weight excluding hydrogens is 258 g/mol. The first-order chi connectivity index (χ1) is 9.49. The van der Waals surface area contributed by atoms with Gasteiger partial charge in [-0.2, -0.15) is 0 Å². The van der Waals surface area contributed by atoms with Crippen molar-refractivity contribution in [1.29, 1.82) is 0 Å². The number of benzene rings is 1. The lowest BCUT2D eigenvalue weighted by atomic mass is 10.0. The normalized spacial score (nSPS) is 18.7. The van der Waals surface area contributed by atoms with Gasteiger partial charge in [-0.3, -0.25) is 10.1 Å². The number of carbonyl (C=O) groups is 1. The molecule has 0 spiro atoms. The summed E-state index contributed by atoms with van der Waals surface area (Å²) in [6, 6.07) is 4.77. The van der Waals surface area contributed by atoms with Crippen LogP contribution in [0.5, 0.6) is 0 Å². The third-order valence-electron chi connectivity index (χ3n) is 3.72. The zero-order chi connectivity index (χ0) is 14.7. The molecule has 6 heteroatoms.